The number of urea groups is 1. The lowest BCUT2D eigenvalue weighted by atomic mass is 9.82. The van der Waals surface area contributed by atoms with Gasteiger partial charge in [0.2, 0.25) is 0 Å². The molecule has 1 atom stereocenters. The quantitative estimate of drug-likeness (QED) is 0.658. The third-order valence-corrected chi connectivity index (χ3v) is 6.37. The Balaban J connectivity index is 1.22. The van der Waals surface area contributed by atoms with E-state index in [1.807, 2.05) is 18.2 Å². The molecular formula is C22H32N2O5. The molecule has 0 radical (unpaired) electrons. The lowest BCUT2D eigenvalue weighted by molar-refractivity contribution is -0.131. The molecule has 1 aromatic rings. The molecule has 2 heterocycles. The van der Waals surface area contributed by atoms with Crippen LogP contribution >= 0.6 is 0 Å². The Morgan fingerprint density at radius 2 is 1.90 bits per heavy atom. The summed E-state index contributed by atoms with van der Waals surface area (Å²) >= 11 is 0. The lowest BCUT2D eigenvalue weighted by Crippen LogP contribution is -2.35. The second-order valence-corrected chi connectivity index (χ2v) is 8.55. The number of carbonyl (C=O) groups excluding carboxylic acids is 1. The summed E-state index contributed by atoms with van der Waals surface area (Å²) in [5.41, 5.74) is 0.674. The molecule has 0 bridgehead atoms. The van der Waals surface area contributed by atoms with E-state index in [-0.39, 0.29) is 17.7 Å². The predicted octanol–water partition coefficient (Wildman–Crippen LogP) is 4.42. The summed E-state index contributed by atoms with van der Waals surface area (Å²) in [7, 11) is 0. The zero-order valence-electron chi connectivity index (χ0n) is 17.4. The van der Waals surface area contributed by atoms with Crippen LogP contribution in [0.2, 0.25) is 0 Å². The standard InChI is InChI=1S/C22H32N2O5/c1-3-21(2,19-26-13-14-27-19)9-6-12-23-20(25)24-16-7-8-17-18(15-16)29-22(28-17)10-4-5-11-22/h7-8,15,19H,3-6,9-14H2,1-2H3,(H2,23,24,25)/t21-/m0/s1. The van der Waals surface area contributed by atoms with Crippen molar-refractivity contribution in [1.29, 1.82) is 0 Å². The van der Waals surface area contributed by atoms with Gasteiger partial charge in [0.1, 0.15) is 0 Å². The molecule has 0 aromatic heterocycles. The Morgan fingerprint density at radius 1 is 1.17 bits per heavy atom. The predicted molar refractivity (Wildman–Crippen MR) is 109 cm³/mol. The zero-order valence-corrected chi connectivity index (χ0v) is 17.4. The van der Waals surface area contributed by atoms with Crippen LogP contribution in [0.3, 0.4) is 0 Å². The van der Waals surface area contributed by atoms with Crippen LogP contribution in [0.5, 0.6) is 11.5 Å². The molecule has 1 saturated heterocycles. The van der Waals surface area contributed by atoms with Crippen molar-refractivity contribution in [2.24, 2.45) is 5.41 Å². The molecule has 1 saturated carbocycles. The van der Waals surface area contributed by atoms with Gasteiger partial charge in [0.25, 0.3) is 5.79 Å². The molecule has 4 rings (SSSR count). The van der Waals surface area contributed by atoms with E-state index >= 15 is 0 Å². The van der Waals surface area contributed by atoms with Gasteiger partial charge in [0.05, 0.1) is 13.2 Å². The van der Waals surface area contributed by atoms with Crippen LogP contribution < -0.4 is 20.1 Å². The highest BCUT2D eigenvalue weighted by Gasteiger charge is 2.44. The summed E-state index contributed by atoms with van der Waals surface area (Å²) in [6.45, 7) is 6.27. The summed E-state index contributed by atoms with van der Waals surface area (Å²) in [5, 5.41) is 5.81. The van der Waals surface area contributed by atoms with Crippen LogP contribution in [-0.4, -0.2) is 37.9 Å². The van der Waals surface area contributed by atoms with Crippen LogP contribution in [0, 0.1) is 5.41 Å². The van der Waals surface area contributed by atoms with Crippen LogP contribution in [0.4, 0.5) is 10.5 Å². The molecule has 3 aliphatic rings. The maximum Gasteiger partial charge on any atom is 0.319 e. The van der Waals surface area contributed by atoms with Crippen molar-refractivity contribution in [1.82, 2.24) is 5.32 Å². The Morgan fingerprint density at radius 3 is 2.62 bits per heavy atom. The first-order valence-corrected chi connectivity index (χ1v) is 10.8. The van der Waals surface area contributed by atoms with E-state index in [0.29, 0.717) is 31.2 Å². The van der Waals surface area contributed by atoms with E-state index in [1.165, 1.54) is 0 Å². The first-order valence-electron chi connectivity index (χ1n) is 10.8. The average molecular weight is 405 g/mol. The molecule has 29 heavy (non-hydrogen) atoms. The number of hydrogen-bond acceptors (Lipinski definition) is 5. The Labute approximate surface area is 172 Å². The number of ether oxygens (including phenoxy) is 4. The number of anilines is 1. The second-order valence-electron chi connectivity index (χ2n) is 8.55. The van der Waals surface area contributed by atoms with Gasteiger partial charge < -0.3 is 29.6 Å². The number of carbonyl (C=O) groups is 1. The van der Waals surface area contributed by atoms with Gasteiger partial charge in [-0.3, -0.25) is 0 Å². The molecule has 1 aliphatic carbocycles. The fourth-order valence-corrected chi connectivity index (χ4v) is 4.38. The fraction of sp³-hybridized carbons (Fsp3) is 0.682. The normalized spacial score (nSPS) is 22.0. The molecular weight excluding hydrogens is 372 g/mol. The van der Waals surface area contributed by atoms with Crippen molar-refractivity contribution in [3.63, 3.8) is 0 Å². The lowest BCUT2D eigenvalue weighted by Gasteiger charge is -2.33. The third-order valence-electron chi connectivity index (χ3n) is 6.37. The van der Waals surface area contributed by atoms with Crippen molar-refractivity contribution in [3.05, 3.63) is 18.2 Å². The van der Waals surface area contributed by atoms with Crippen LogP contribution in [0.15, 0.2) is 18.2 Å². The van der Waals surface area contributed by atoms with Gasteiger partial charge in [-0.15, -0.1) is 0 Å². The number of fused-ring (bicyclic) bond motifs is 1. The maximum absolute atomic E-state index is 12.3. The first-order chi connectivity index (χ1) is 14.0. The number of hydrogen-bond donors (Lipinski definition) is 2. The summed E-state index contributed by atoms with van der Waals surface area (Å²) < 4.78 is 23.5. The van der Waals surface area contributed by atoms with Crippen molar-refractivity contribution in [2.75, 3.05) is 25.1 Å². The minimum Gasteiger partial charge on any atom is -0.448 e. The van der Waals surface area contributed by atoms with E-state index in [0.717, 1.165) is 50.7 Å². The fourth-order valence-electron chi connectivity index (χ4n) is 4.38. The summed E-state index contributed by atoms with van der Waals surface area (Å²) in [4.78, 5) is 12.3. The minimum atomic E-state index is -0.484. The largest absolute Gasteiger partial charge is 0.448 e. The molecule has 2 fully saturated rings. The molecule has 2 aliphatic heterocycles. The van der Waals surface area contributed by atoms with Gasteiger partial charge in [-0.2, -0.15) is 0 Å². The molecule has 7 heteroatoms. The van der Waals surface area contributed by atoms with E-state index in [2.05, 4.69) is 24.5 Å². The summed E-state index contributed by atoms with van der Waals surface area (Å²) in [6, 6.07) is 5.33. The molecule has 2 N–H and O–H groups in total. The van der Waals surface area contributed by atoms with E-state index in [1.54, 1.807) is 0 Å². The molecule has 0 unspecified atom stereocenters. The SMILES string of the molecule is CC[C@@](C)(CCCNC(=O)Nc1ccc2c(c1)OC1(CCCC1)O2)C1OCCO1. The van der Waals surface area contributed by atoms with Crippen LogP contribution in [0.1, 0.15) is 58.8 Å². The van der Waals surface area contributed by atoms with E-state index < -0.39 is 5.79 Å². The maximum atomic E-state index is 12.3. The van der Waals surface area contributed by atoms with Gasteiger partial charge in [0, 0.05) is 36.6 Å². The summed E-state index contributed by atoms with van der Waals surface area (Å²) in [5.74, 6) is 0.982. The highest BCUT2D eigenvalue weighted by Crippen LogP contribution is 2.47. The van der Waals surface area contributed by atoms with Crippen molar-refractivity contribution >= 4 is 11.7 Å². The van der Waals surface area contributed by atoms with Crippen molar-refractivity contribution in [3.8, 4) is 11.5 Å². The highest BCUT2D eigenvalue weighted by atomic mass is 16.7. The molecule has 7 nitrogen and oxygen atoms in total. The highest BCUT2D eigenvalue weighted by molar-refractivity contribution is 5.89. The van der Waals surface area contributed by atoms with E-state index in [4.69, 9.17) is 18.9 Å². The van der Waals surface area contributed by atoms with Gasteiger partial charge >= 0.3 is 6.03 Å². The van der Waals surface area contributed by atoms with Crippen LogP contribution in [-0.2, 0) is 9.47 Å². The number of rotatable bonds is 7. The van der Waals surface area contributed by atoms with Crippen LogP contribution in [0.25, 0.3) is 0 Å². The van der Waals surface area contributed by atoms with Gasteiger partial charge in [0.15, 0.2) is 17.8 Å². The number of amides is 2. The summed E-state index contributed by atoms with van der Waals surface area (Å²) in [6.07, 6.45) is 6.71. The third kappa shape index (κ3) is 4.46. The topological polar surface area (TPSA) is 78.1 Å². The average Bonchev–Trinajstić information content (AvgIpc) is 3.46. The molecule has 160 valence electrons. The Kier molecular flexibility index (Phi) is 5.88. The Bertz CT molecular complexity index is 728. The van der Waals surface area contributed by atoms with Crippen molar-refractivity contribution < 1.29 is 23.7 Å². The number of benzene rings is 1. The monoisotopic (exact) mass is 404 g/mol. The first kappa shape index (κ1) is 20.3. The van der Waals surface area contributed by atoms with Gasteiger partial charge in [-0.25, -0.2) is 4.79 Å². The van der Waals surface area contributed by atoms with E-state index in [9.17, 15) is 4.79 Å². The molecule has 1 aromatic carbocycles. The Hall–Kier alpha value is -1.99. The van der Waals surface area contributed by atoms with Gasteiger partial charge in [-0.1, -0.05) is 13.8 Å². The second kappa shape index (κ2) is 8.40. The molecule has 2 amide bonds. The zero-order chi connectivity index (χ0) is 20.3. The smallest absolute Gasteiger partial charge is 0.319 e. The van der Waals surface area contributed by atoms with Gasteiger partial charge in [-0.05, 0) is 44.2 Å². The minimum absolute atomic E-state index is 0.0256. The molecule has 1 spiro atoms. The number of nitrogens with one attached hydrogen (secondary N) is 2. The van der Waals surface area contributed by atoms with Crippen molar-refractivity contribution in [2.45, 2.75) is 70.9 Å².